The first-order valence-electron chi connectivity index (χ1n) is 7.10. The average molecular weight is 347 g/mol. The summed E-state index contributed by atoms with van der Waals surface area (Å²) in [6.45, 7) is 1.57. The van der Waals surface area contributed by atoms with Gasteiger partial charge in [-0.25, -0.2) is 14.2 Å². The van der Waals surface area contributed by atoms with E-state index in [9.17, 15) is 14.0 Å². The summed E-state index contributed by atoms with van der Waals surface area (Å²) in [6.07, 6.45) is -0.809. The van der Waals surface area contributed by atoms with Gasteiger partial charge in [-0.05, 0) is 37.3 Å². The van der Waals surface area contributed by atoms with E-state index >= 15 is 0 Å². The Morgan fingerprint density at radius 2 is 2.04 bits per heavy atom. The van der Waals surface area contributed by atoms with Crippen LogP contribution >= 0.6 is 11.6 Å². The molecule has 0 unspecified atom stereocenters. The highest BCUT2D eigenvalue weighted by Gasteiger charge is 2.19. The van der Waals surface area contributed by atoms with Gasteiger partial charge in [-0.1, -0.05) is 23.7 Å². The van der Waals surface area contributed by atoms with E-state index in [0.717, 1.165) is 12.1 Å². The van der Waals surface area contributed by atoms with Gasteiger partial charge in [0.15, 0.2) is 11.9 Å². The molecule has 0 aliphatic heterocycles. The van der Waals surface area contributed by atoms with Gasteiger partial charge in [0, 0.05) is 0 Å². The number of para-hydroxylation sites is 1. The van der Waals surface area contributed by atoms with Gasteiger partial charge in [-0.2, -0.15) is 0 Å². The van der Waals surface area contributed by atoms with Gasteiger partial charge in [-0.15, -0.1) is 0 Å². The number of halogens is 2. The van der Waals surface area contributed by atoms with Crippen molar-refractivity contribution in [2.75, 3.05) is 0 Å². The van der Waals surface area contributed by atoms with E-state index in [0.29, 0.717) is 10.9 Å². The normalized spacial score (nSPS) is 12.1. The van der Waals surface area contributed by atoms with Gasteiger partial charge in [0.1, 0.15) is 5.82 Å². The lowest BCUT2D eigenvalue weighted by Crippen LogP contribution is -2.17. The third-order valence-electron chi connectivity index (χ3n) is 3.45. The minimum Gasteiger partial charge on any atom is -0.451 e. The summed E-state index contributed by atoms with van der Waals surface area (Å²) in [5.74, 6) is -1.07. The van der Waals surface area contributed by atoms with Gasteiger partial charge in [0.2, 0.25) is 0 Å². The Hall–Kier alpha value is -2.73. The summed E-state index contributed by atoms with van der Waals surface area (Å²) in [7, 11) is 0. The number of ether oxygens (including phenoxy) is 1. The zero-order valence-electron chi connectivity index (χ0n) is 12.5. The van der Waals surface area contributed by atoms with Gasteiger partial charge < -0.3 is 9.72 Å². The van der Waals surface area contributed by atoms with E-state index in [4.69, 9.17) is 16.3 Å². The van der Waals surface area contributed by atoms with Crippen LogP contribution in [0.5, 0.6) is 0 Å². The summed E-state index contributed by atoms with van der Waals surface area (Å²) in [5.41, 5.74) is 0.213. The van der Waals surface area contributed by atoms with Crippen molar-refractivity contribution in [1.82, 2.24) is 9.97 Å². The highest BCUT2D eigenvalue weighted by Crippen LogP contribution is 2.21. The van der Waals surface area contributed by atoms with Crippen LogP contribution < -0.4 is 5.56 Å². The lowest BCUT2D eigenvalue weighted by Gasteiger charge is -2.13. The van der Waals surface area contributed by atoms with Crippen LogP contribution in [0.2, 0.25) is 5.02 Å². The van der Waals surface area contributed by atoms with Crippen LogP contribution in [0.1, 0.15) is 29.2 Å². The molecule has 0 fully saturated rings. The van der Waals surface area contributed by atoms with Crippen molar-refractivity contribution in [3.05, 3.63) is 75.0 Å². The maximum absolute atomic E-state index is 13.0. The number of H-pyrrole nitrogens is 1. The smallest absolute Gasteiger partial charge is 0.340 e. The Morgan fingerprint density at radius 3 is 2.79 bits per heavy atom. The number of carbonyl (C=O) groups is 1. The number of hydrogen-bond acceptors (Lipinski definition) is 4. The molecule has 0 bridgehead atoms. The van der Waals surface area contributed by atoms with Gasteiger partial charge >= 0.3 is 5.97 Å². The zero-order valence-corrected chi connectivity index (χ0v) is 13.3. The number of hydrogen-bond donors (Lipinski definition) is 1. The first-order valence-corrected chi connectivity index (χ1v) is 7.48. The Morgan fingerprint density at radius 1 is 1.29 bits per heavy atom. The molecule has 0 amide bonds. The van der Waals surface area contributed by atoms with Gasteiger partial charge in [-0.3, -0.25) is 4.79 Å². The Kier molecular flexibility index (Phi) is 4.31. The summed E-state index contributed by atoms with van der Waals surface area (Å²) in [6, 6.07) is 10.2. The van der Waals surface area contributed by atoms with Crippen molar-refractivity contribution in [1.29, 1.82) is 0 Å². The summed E-state index contributed by atoms with van der Waals surface area (Å²) < 4.78 is 18.3. The molecule has 1 N–H and O–H groups in total. The first kappa shape index (κ1) is 16.1. The first-order chi connectivity index (χ1) is 11.5. The summed E-state index contributed by atoms with van der Waals surface area (Å²) in [5, 5.41) is 0.397. The van der Waals surface area contributed by atoms with Crippen molar-refractivity contribution < 1.29 is 13.9 Å². The fraction of sp³-hybridized carbons (Fsp3) is 0.118. The molecule has 5 nitrogen and oxygen atoms in total. The lowest BCUT2D eigenvalue weighted by atomic mass is 10.2. The Balaban J connectivity index is 1.88. The van der Waals surface area contributed by atoms with Crippen LogP contribution in [0, 0.1) is 5.82 Å². The Bertz CT molecular complexity index is 987. The molecule has 3 rings (SSSR count). The fourth-order valence-corrected chi connectivity index (χ4v) is 2.48. The zero-order chi connectivity index (χ0) is 17.3. The van der Waals surface area contributed by atoms with Crippen LogP contribution in [0.15, 0.2) is 47.3 Å². The number of nitrogens with zero attached hydrogens (tertiary/aromatic N) is 1. The fourth-order valence-electron chi connectivity index (χ4n) is 2.23. The topological polar surface area (TPSA) is 72.0 Å². The second-order valence-electron chi connectivity index (χ2n) is 5.14. The molecule has 2 aromatic carbocycles. The molecule has 3 aromatic rings. The predicted octanol–water partition coefficient (Wildman–Crippen LogP) is 3.63. The number of benzene rings is 2. The number of nitrogens with one attached hydrogen (secondary N) is 1. The number of rotatable bonds is 3. The molecule has 0 saturated heterocycles. The van der Waals surface area contributed by atoms with Crippen molar-refractivity contribution >= 4 is 28.5 Å². The largest absolute Gasteiger partial charge is 0.451 e. The number of fused-ring (bicyclic) bond motifs is 1. The van der Waals surface area contributed by atoms with Crippen molar-refractivity contribution in [2.45, 2.75) is 13.0 Å². The number of carbonyl (C=O) groups excluding carboxylic acids is 1. The van der Waals surface area contributed by atoms with E-state index < -0.39 is 17.9 Å². The van der Waals surface area contributed by atoms with Crippen LogP contribution in [0.25, 0.3) is 10.9 Å². The number of aromatic amines is 1. The molecule has 0 aliphatic carbocycles. The van der Waals surface area contributed by atoms with E-state index in [2.05, 4.69) is 9.97 Å². The predicted molar refractivity (Wildman–Crippen MR) is 87.6 cm³/mol. The van der Waals surface area contributed by atoms with Crippen LogP contribution in [0.4, 0.5) is 4.39 Å². The molecule has 1 aromatic heterocycles. The minimum atomic E-state index is -0.809. The Labute approximate surface area is 141 Å². The van der Waals surface area contributed by atoms with Crippen molar-refractivity contribution in [3.8, 4) is 0 Å². The standard InChI is InChI=1S/C17H12ClFN2O3/c1-9(24-17(23)11-7-6-10(19)8-13(11)18)15-20-14-5-3-2-4-12(14)16(22)21-15/h2-9H,1H3,(H,20,21,22)/t9-/m1/s1. The molecule has 0 radical (unpaired) electrons. The molecule has 1 atom stereocenters. The second-order valence-corrected chi connectivity index (χ2v) is 5.55. The molecule has 1 heterocycles. The SMILES string of the molecule is C[C@@H](OC(=O)c1ccc(F)cc1Cl)c1nc2ccccc2c(=O)[nH]1. The summed E-state index contributed by atoms with van der Waals surface area (Å²) in [4.78, 5) is 31.1. The quantitative estimate of drug-likeness (QED) is 0.735. The van der Waals surface area contributed by atoms with Crippen molar-refractivity contribution in [3.63, 3.8) is 0 Å². The monoisotopic (exact) mass is 346 g/mol. The van der Waals surface area contributed by atoms with E-state index in [1.165, 1.54) is 6.07 Å². The third kappa shape index (κ3) is 3.14. The maximum atomic E-state index is 13.0. The molecular weight excluding hydrogens is 335 g/mol. The maximum Gasteiger partial charge on any atom is 0.340 e. The molecule has 24 heavy (non-hydrogen) atoms. The number of aromatic nitrogens is 2. The lowest BCUT2D eigenvalue weighted by molar-refractivity contribution is 0.0320. The highest BCUT2D eigenvalue weighted by atomic mass is 35.5. The average Bonchev–Trinajstić information content (AvgIpc) is 2.54. The van der Waals surface area contributed by atoms with Crippen molar-refractivity contribution in [2.24, 2.45) is 0 Å². The number of esters is 1. The molecule has 0 saturated carbocycles. The molecule has 0 aliphatic rings. The highest BCUT2D eigenvalue weighted by molar-refractivity contribution is 6.33. The molecule has 7 heteroatoms. The van der Waals surface area contributed by atoms with Gasteiger partial charge in [0.05, 0.1) is 21.5 Å². The second kappa shape index (κ2) is 6.41. The molecule has 122 valence electrons. The van der Waals surface area contributed by atoms with E-state index in [1.807, 2.05) is 0 Å². The third-order valence-corrected chi connectivity index (χ3v) is 3.76. The van der Waals surface area contributed by atoms with Gasteiger partial charge in [0.25, 0.3) is 5.56 Å². The molecular formula is C17H12ClFN2O3. The van der Waals surface area contributed by atoms with E-state index in [1.54, 1.807) is 31.2 Å². The van der Waals surface area contributed by atoms with E-state index in [-0.39, 0.29) is 22.0 Å². The van der Waals surface area contributed by atoms with Crippen LogP contribution in [-0.4, -0.2) is 15.9 Å². The minimum absolute atomic E-state index is 0.0352. The summed E-state index contributed by atoms with van der Waals surface area (Å²) >= 11 is 5.84. The molecule has 0 spiro atoms. The van der Waals surface area contributed by atoms with Crippen LogP contribution in [0.3, 0.4) is 0 Å². The van der Waals surface area contributed by atoms with Crippen LogP contribution in [-0.2, 0) is 4.74 Å².